The highest BCUT2D eigenvalue weighted by atomic mass is 16.3. The molecule has 0 bridgehead atoms. The Balaban J connectivity index is 1.55. The summed E-state index contributed by atoms with van der Waals surface area (Å²) in [4.78, 5) is 8.88. The van der Waals surface area contributed by atoms with Crippen molar-refractivity contribution in [2.24, 2.45) is 5.92 Å². The Morgan fingerprint density at radius 2 is 1.93 bits per heavy atom. The van der Waals surface area contributed by atoms with Crippen LogP contribution in [-0.4, -0.2) is 35.9 Å². The van der Waals surface area contributed by atoms with Crippen LogP contribution in [0.25, 0.3) is 17.1 Å². The quantitative estimate of drug-likeness (QED) is 0.637. The molecule has 3 heterocycles. The second kappa shape index (κ2) is 8.92. The molecule has 0 radical (unpaired) electrons. The van der Waals surface area contributed by atoms with E-state index in [0.717, 1.165) is 22.8 Å². The minimum atomic E-state index is -0.161. The molecule has 1 aliphatic carbocycles. The Hall–Kier alpha value is -2.80. The normalized spacial score (nSPS) is 15.9. The summed E-state index contributed by atoms with van der Waals surface area (Å²) < 4.78 is 1.87. The Labute approximate surface area is 177 Å². The summed E-state index contributed by atoms with van der Waals surface area (Å²) >= 11 is 0. The van der Waals surface area contributed by atoms with E-state index >= 15 is 0 Å². The van der Waals surface area contributed by atoms with Crippen LogP contribution in [-0.2, 0) is 6.61 Å². The first-order chi connectivity index (χ1) is 14.5. The summed E-state index contributed by atoms with van der Waals surface area (Å²) in [7, 11) is 0. The number of hydrogen-bond acceptors (Lipinski definition) is 6. The van der Waals surface area contributed by atoms with Crippen LogP contribution in [0.4, 0.5) is 5.82 Å². The number of anilines is 1. The van der Waals surface area contributed by atoms with E-state index in [2.05, 4.69) is 32.4 Å². The van der Waals surface area contributed by atoms with E-state index in [1.54, 1.807) is 6.33 Å². The van der Waals surface area contributed by atoms with Gasteiger partial charge in [-0.25, -0.2) is 9.97 Å². The molecule has 158 valence electrons. The first-order valence-electron chi connectivity index (χ1n) is 10.8. The number of imidazole rings is 1. The van der Waals surface area contributed by atoms with Gasteiger partial charge >= 0.3 is 0 Å². The summed E-state index contributed by atoms with van der Waals surface area (Å²) in [6.45, 7) is 6.06. The number of nitrogens with zero attached hydrogens (tertiary/aromatic N) is 5. The van der Waals surface area contributed by atoms with Crippen molar-refractivity contribution in [3.05, 3.63) is 47.7 Å². The van der Waals surface area contributed by atoms with Gasteiger partial charge < -0.3 is 15.0 Å². The third kappa shape index (κ3) is 4.36. The Bertz CT molecular complexity index is 1010. The lowest BCUT2D eigenvalue weighted by atomic mass is 9.84. The van der Waals surface area contributed by atoms with Crippen molar-refractivity contribution in [3.63, 3.8) is 0 Å². The zero-order chi connectivity index (χ0) is 21.1. The van der Waals surface area contributed by atoms with E-state index in [4.69, 9.17) is 0 Å². The van der Waals surface area contributed by atoms with Crippen LogP contribution in [0.3, 0.4) is 0 Å². The van der Waals surface area contributed by atoms with Gasteiger partial charge in [-0.3, -0.25) is 0 Å². The lowest BCUT2D eigenvalue weighted by molar-refractivity contribution is 0.276. The van der Waals surface area contributed by atoms with Crippen LogP contribution in [0.15, 0.2) is 30.7 Å². The molecular formula is C23H30N6O. The van der Waals surface area contributed by atoms with Crippen LogP contribution in [0.5, 0.6) is 0 Å². The van der Waals surface area contributed by atoms with Gasteiger partial charge in [0, 0.05) is 12.2 Å². The third-order valence-corrected chi connectivity index (χ3v) is 6.06. The van der Waals surface area contributed by atoms with Crippen molar-refractivity contribution >= 4 is 5.82 Å². The highest BCUT2D eigenvalue weighted by Crippen LogP contribution is 2.29. The van der Waals surface area contributed by atoms with Gasteiger partial charge in [0.1, 0.15) is 5.69 Å². The molecule has 30 heavy (non-hydrogen) atoms. The molecule has 7 heteroatoms. The van der Waals surface area contributed by atoms with Crippen LogP contribution < -0.4 is 5.32 Å². The summed E-state index contributed by atoms with van der Waals surface area (Å²) in [6.07, 6.45) is 10.2. The smallest absolute Gasteiger partial charge is 0.151 e. The van der Waals surface area contributed by atoms with Crippen LogP contribution in [0.1, 0.15) is 56.0 Å². The van der Waals surface area contributed by atoms with Gasteiger partial charge in [0.15, 0.2) is 5.82 Å². The van der Waals surface area contributed by atoms with E-state index in [0.29, 0.717) is 29.0 Å². The van der Waals surface area contributed by atoms with Gasteiger partial charge in [-0.05, 0) is 63.3 Å². The number of aliphatic hydroxyl groups is 1. The molecule has 7 nitrogen and oxygen atoms in total. The molecular weight excluding hydrogens is 376 g/mol. The van der Waals surface area contributed by atoms with Crippen molar-refractivity contribution in [1.29, 1.82) is 0 Å². The van der Waals surface area contributed by atoms with Crippen LogP contribution >= 0.6 is 0 Å². The lowest BCUT2D eigenvalue weighted by Crippen LogP contribution is -2.28. The largest absolute Gasteiger partial charge is 0.390 e. The second-order valence-electron chi connectivity index (χ2n) is 8.34. The summed E-state index contributed by atoms with van der Waals surface area (Å²) in [6, 6.07) is 6.24. The molecule has 3 aromatic rings. The number of aryl methyl sites for hydroxylation is 2. The third-order valence-electron chi connectivity index (χ3n) is 6.06. The number of hydrogen-bond donors (Lipinski definition) is 2. The average molecular weight is 407 g/mol. The number of pyridine rings is 1. The summed E-state index contributed by atoms with van der Waals surface area (Å²) in [5, 5.41) is 22.3. The molecule has 3 aromatic heterocycles. The van der Waals surface area contributed by atoms with Crippen molar-refractivity contribution < 1.29 is 5.11 Å². The van der Waals surface area contributed by atoms with Crippen molar-refractivity contribution in [1.82, 2.24) is 24.7 Å². The summed E-state index contributed by atoms with van der Waals surface area (Å²) in [5.41, 5.74) is 4.75. The fourth-order valence-corrected chi connectivity index (χ4v) is 4.26. The molecule has 4 rings (SSSR count). The minimum absolute atomic E-state index is 0.161. The number of aliphatic hydroxyl groups excluding tert-OH is 1. The molecule has 1 fully saturated rings. The molecule has 0 aromatic carbocycles. The topological polar surface area (TPSA) is 88.8 Å². The maximum atomic E-state index is 9.84. The standard InChI is InChI=1S/C23H30N6O/c1-15-11-20(27-28-23(15)25-17(3)18-7-5-4-6-8-18)19-9-10-22(21(13-30)26-19)29-12-16(2)24-14-29/h9-12,14,17-18,30H,4-8,13H2,1-3H3,(H,25,28)/t17-/m0/s1. The Morgan fingerprint density at radius 3 is 2.60 bits per heavy atom. The predicted molar refractivity (Wildman–Crippen MR) is 117 cm³/mol. The number of aromatic nitrogens is 5. The van der Waals surface area contributed by atoms with Gasteiger partial charge in [-0.15, -0.1) is 10.2 Å². The molecule has 0 amide bonds. The van der Waals surface area contributed by atoms with Gasteiger partial charge in [-0.2, -0.15) is 0 Å². The highest BCUT2D eigenvalue weighted by molar-refractivity contribution is 5.60. The van der Waals surface area contributed by atoms with Crippen LogP contribution in [0.2, 0.25) is 0 Å². The van der Waals surface area contributed by atoms with Crippen molar-refractivity contribution in [3.8, 4) is 17.1 Å². The zero-order valence-electron chi connectivity index (χ0n) is 18.0. The van der Waals surface area contributed by atoms with Crippen molar-refractivity contribution in [2.45, 2.75) is 65.5 Å². The number of nitrogens with one attached hydrogen (secondary N) is 1. The predicted octanol–water partition coefficient (Wildman–Crippen LogP) is 4.21. The molecule has 0 saturated heterocycles. The molecule has 0 spiro atoms. The fourth-order valence-electron chi connectivity index (χ4n) is 4.26. The van der Waals surface area contributed by atoms with Gasteiger partial charge in [0.05, 0.1) is 35.7 Å². The van der Waals surface area contributed by atoms with E-state index in [1.807, 2.05) is 42.8 Å². The average Bonchev–Trinajstić information content (AvgIpc) is 3.21. The fraction of sp³-hybridized carbons (Fsp3) is 0.478. The maximum Gasteiger partial charge on any atom is 0.151 e. The zero-order valence-corrected chi connectivity index (χ0v) is 18.0. The van der Waals surface area contributed by atoms with Crippen molar-refractivity contribution in [2.75, 3.05) is 5.32 Å². The lowest BCUT2D eigenvalue weighted by Gasteiger charge is -2.28. The highest BCUT2D eigenvalue weighted by Gasteiger charge is 2.21. The Kier molecular flexibility index (Phi) is 6.08. The second-order valence-corrected chi connectivity index (χ2v) is 8.34. The minimum Gasteiger partial charge on any atom is -0.390 e. The van der Waals surface area contributed by atoms with Crippen LogP contribution in [0, 0.1) is 19.8 Å². The molecule has 1 aliphatic rings. The first kappa shape index (κ1) is 20.5. The molecule has 1 saturated carbocycles. The number of rotatable bonds is 6. The summed E-state index contributed by atoms with van der Waals surface area (Å²) in [5.74, 6) is 1.54. The van der Waals surface area contributed by atoms with Gasteiger partial charge in [-0.1, -0.05) is 19.3 Å². The molecule has 2 N–H and O–H groups in total. The monoisotopic (exact) mass is 406 g/mol. The molecule has 0 unspecified atom stereocenters. The maximum absolute atomic E-state index is 9.84. The van der Waals surface area contributed by atoms with E-state index in [1.165, 1.54) is 32.1 Å². The first-order valence-corrected chi connectivity index (χ1v) is 10.8. The van der Waals surface area contributed by atoms with Gasteiger partial charge in [0.2, 0.25) is 0 Å². The van der Waals surface area contributed by atoms with E-state index in [-0.39, 0.29) is 6.61 Å². The Morgan fingerprint density at radius 1 is 1.13 bits per heavy atom. The van der Waals surface area contributed by atoms with Gasteiger partial charge in [0.25, 0.3) is 0 Å². The molecule has 0 aliphatic heterocycles. The molecule has 1 atom stereocenters. The SMILES string of the molecule is Cc1cn(-c2ccc(-c3cc(C)c(N[C@@H](C)C4CCCCC4)nn3)nc2CO)cn1. The van der Waals surface area contributed by atoms with E-state index < -0.39 is 0 Å². The van der Waals surface area contributed by atoms with E-state index in [9.17, 15) is 5.11 Å².